The normalized spacial score (nSPS) is 11.6. The summed E-state index contributed by atoms with van der Waals surface area (Å²) < 4.78 is -0.0442. The SMILES string of the molecule is Cc1cc(C)c(C(=O)O)c(SC(C)(C)C)n1. The molecule has 0 spiro atoms. The van der Waals surface area contributed by atoms with Crippen LogP contribution < -0.4 is 0 Å². The topological polar surface area (TPSA) is 50.2 Å². The number of hydrogen-bond donors (Lipinski definition) is 1. The molecule has 1 aromatic rings. The average molecular weight is 239 g/mol. The van der Waals surface area contributed by atoms with Crippen molar-refractivity contribution in [1.29, 1.82) is 0 Å². The van der Waals surface area contributed by atoms with Gasteiger partial charge in [0, 0.05) is 10.4 Å². The van der Waals surface area contributed by atoms with Crippen LogP contribution in [0.25, 0.3) is 0 Å². The summed E-state index contributed by atoms with van der Waals surface area (Å²) in [7, 11) is 0. The van der Waals surface area contributed by atoms with Gasteiger partial charge in [0.15, 0.2) is 0 Å². The fraction of sp³-hybridized carbons (Fsp3) is 0.500. The molecule has 4 heteroatoms. The quantitative estimate of drug-likeness (QED) is 0.805. The van der Waals surface area contributed by atoms with E-state index in [1.54, 1.807) is 6.07 Å². The predicted molar refractivity (Wildman–Crippen MR) is 66.3 cm³/mol. The fourth-order valence-electron chi connectivity index (χ4n) is 1.43. The van der Waals surface area contributed by atoms with Crippen LogP contribution in [0.1, 0.15) is 42.4 Å². The van der Waals surface area contributed by atoms with E-state index in [-0.39, 0.29) is 4.75 Å². The lowest BCUT2D eigenvalue weighted by Crippen LogP contribution is -2.12. The van der Waals surface area contributed by atoms with E-state index in [9.17, 15) is 9.90 Å². The van der Waals surface area contributed by atoms with Gasteiger partial charge in [0.05, 0.1) is 5.56 Å². The van der Waals surface area contributed by atoms with Crippen LogP contribution in [0.5, 0.6) is 0 Å². The van der Waals surface area contributed by atoms with Gasteiger partial charge in [-0.05, 0) is 25.5 Å². The molecule has 0 fully saturated rings. The molecule has 0 aliphatic heterocycles. The van der Waals surface area contributed by atoms with Crippen LogP contribution in [0, 0.1) is 13.8 Å². The molecule has 16 heavy (non-hydrogen) atoms. The van der Waals surface area contributed by atoms with Crippen molar-refractivity contribution in [2.75, 3.05) is 0 Å². The number of hydrogen-bond acceptors (Lipinski definition) is 3. The molecular weight excluding hydrogens is 222 g/mol. The van der Waals surface area contributed by atoms with E-state index in [2.05, 4.69) is 4.98 Å². The number of carboxylic acids is 1. The van der Waals surface area contributed by atoms with Crippen LogP contribution >= 0.6 is 11.8 Å². The van der Waals surface area contributed by atoms with Crippen LogP contribution in [-0.2, 0) is 0 Å². The maximum absolute atomic E-state index is 11.2. The van der Waals surface area contributed by atoms with Gasteiger partial charge in [-0.1, -0.05) is 32.5 Å². The zero-order valence-corrected chi connectivity index (χ0v) is 11.1. The van der Waals surface area contributed by atoms with Gasteiger partial charge in [0.2, 0.25) is 0 Å². The number of aromatic carboxylic acids is 1. The summed E-state index contributed by atoms with van der Waals surface area (Å²) in [5.41, 5.74) is 1.95. The third-order valence-corrected chi connectivity index (χ3v) is 3.03. The maximum atomic E-state index is 11.2. The summed E-state index contributed by atoms with van der Waals surface area (Å²) in [4.78, 5) is 15.5. The molecule has 1 rings (SSSR count). The summed E-state index contributed by atoms with van der Waals surface area (Å²) in [6, 6.07) is 1.80. The summed E-state index contributed by atoms with van der Waals surface area (Å²) in [5.74, 6) is -0.906. The highest BCUT2D eigenvalue weighted by molar-refractivity contribution is 8.00. The third-order valence-electron chi connectivity index (χ3n) is 1.93. The number of carbonyl (C=O) groups is 1. The minimum atomic E-state index is -0.906. The lowest BCUT2D eigenvalue weighted by Gasteiger charge is -2.19. The van der Waals surface area contributed by atoms with E-state index >= 15 is 0 Å². The summed E-state index contributed by atoms with van der Waals surface area (Å²) in [6.45, 7) is 9.82. The zero-order valence-electron chi connectivity index (χ0n) is 10.3. The lowest BCUT2D eigenvalue weighted by atomic mass is 10.1. The molecule has 1 N–H and O–H groups in total. The average Bonchev–Trinajstić information content (AvgIpc) is 1.96. The molecule has 0 unspecified atom stereocenters. The van der Waals surface area contributed by atoms with Crippen LogP contribution in [0.3, 0.4) is 0 Å². The van der Waals surface area contributed by atoms with E-state index in [4.69, 9.17) is 0 Å². The molecule has 0 amide bonds. The monoisotopic (exact) mass is 239 g/mol. The van der Waals surface area contributed by atoms with E-state index in [0.717, 1.165) is 11.3 Å². The highest BCUT2D eigenvalue weighted by Gasteiger charge is 2.21. The Bertz CT molecular complexity index is 422. The van der Waals surface area contributed by atoms with Gasteiger partial charge in [-0.3, -0.25) is 0 Å². The van der Waals surface area contributed by atoms with Gasteiger partial charge in [-0.25, -0.2) is 9.78 Å². The zero-order chi connectivity index (χ0) is 12.5. The van der Waals surface area contributed by atoms with Gasteiger partial charge in [0.1, 0.15) is 5.03 Å². The molecule has 1 heterocycles. The molecular formula is C12H17NO2S. The number of carboxylic acid groups (broad SMARTS) is 1. The van der Waals surface area contributed by atoms with E-state index in [1.165, 1.54) is 11.8 Å². The summed E-state index contributed by atoms with van der Waals surface area (Å²) >= 11 is 1.49. The van der Waals surface area contributed by atoms with Crippen LogP contribution in [0.4, 0.5) is 0 Å². The van der Waals surface area contributed by atoms with Crippen molar-refractivity contribution in [1.82, 2.24) is 4.98 Å². The van der Waals surface area contributed by atoms with Crippen molar-refractivity contribution < 1.29 is 9.90 Å². The highest BCUT2D eigenvalue weighted by atomic mass is 32.2. The third kappa shape index (κ3) is 3.23. The molecule has 0 aromatic carbocycles. The predicted octanol–water partition coefficient (Wildman–Crippen LogP) is 3.29. The minimum absolute atomic E-state index is 0.0442. The molecule has 0 saturated heterocycles. The first-order valence-corrected chi connectivity index (χ1v) is 5.93. The van der Waals surface area contributed by atoms with E-state index in [1.807, 2.05) is 34.6 Å². The van der Waals surface area contributed by atoms with Crippen molar-refractivity contribution in [2.24, 2.45) is 0 Å². The first-order valence-electron chi connectivity index (χ1n) is 5.11. The first-order chi connectivity index (χ1) is 7.20. The van der Waals surface area contributed by atoms with Crippen LogP contribution in [-0.4, -0.2) is 20.8 Å². The molecule has 0 saturated carbocycles. The Morgan fingerprint density at radius 1 is 1.38 bits per heavy atom. The fourth-order valence-corrected chi connectivity index (χ4v) is 2.55. The molecule has 0 radical (unpaired) electrons. The number of rotatable bonds is 2. The number of aromatic nitrogens is 1. The Balaban J connectivity index is 3.30. The van der Waals surface area contributed by atoms with Gasteiger partial charge >= 0.3 is 5.97 Å². The smallest absolute Gasteiger partial charge is 0.338 e. The lowest BCUT2D eigenvalue weighted by molar-refractivity contribution is 0.0691. The second kappa shape index (κ2) is 4.45. The molecule has 88 valence electrons. The number of nitrogens with zero attached hydrogens (tertiary/aromatic N) is 1. The first kappa shape index (κ1) is 13.0. The van der Waals surface area contributed by atoms with E-state index in [0.29, 0.717) is 10.6 Å². The Morgan fingerprint density at radius 2 is 1.94 bits per heavy atom. The molecule has 0 aliphatic carbocycles. The molecule has 3 nitrogen and oxygen atoms in total. The largest absolute Gasteiger partial charge is 0.478 e. The molecule has 0 aliphatic rings. The van der Waals surface area contributed by atoms with Crippen LogP contribution in [0.15, 0.2) is 11.1 Å². The van der Waals surface area contributed by atoms with Crippen molar-refractivity contribution in [2.45, 2.75) is 44.4 Å². The van der Waals surface area contributed by atoms with E-state index < -0.39 is 5.97 Å². The molecule has 0 atom stereocenters. The maximum Gasteiger partial charge on any atom is 0.338 e. The van der Waals surface area contributed by atoms with Crippen molar-refractivity contribution in [3.8, 4) is 0 Å². The van der Waals surface area contributed by atoms with Gasteiger partial charge in [0.25, 0.3) is 0 Å². The number of aryl methyl sites for hydroxylation is 2. The Labute approximate surface area is 100 Å². The summed E-state index contributed by atoms with van der Waals surface area (Å²) in [6.07, 6.45) is 0. The molecule has 1 aromatic heterocycles. The number of pyridine rings is 1. The Hall–Kier alpha value is -1.03. The summed E-state index contributed by atoms with van der Waals surface area (Å²) in [5, 5.41) is 9.79. The van der Waals surface area contributed by atoms with Crippen LogP contribution in [0.2, 0.25) is 0 Å². The second-order valence-corrected chi connectivity index (χ2v) is 6.60. The molecule has 0 bridgehead atoms. The van der Waals surface area contributed by atoms with Crippen molar-refractivity contribution in [3.63, 3.8) is 0 Å². The van der Waals surface area contributed by atoms with Crippen molar-refractivity contribution >= 4 is 17.7 Å². The standard InChI is InChI=1S/C12H17NO2S/c1-7-6-8(2)13-10(9(7)11(14)15)16-12(3,4)5/h6H,1-5H3,(H,14,15). The Kier molecular flexibility index (Phi) is 3.63. The van der Waals surface area contributed by atoms with Crippen molar-refractivity contribution in [3.05, 3.63) is 22.9 Å². The Morgan fingerprint density at radius 3 is 2.38 bits per heavy atom. The second-order valence-electron chi connectivity index (χ2n) is 4.78. The minimum Gasteiger partial charge on any atom is -0.478 e. The van der Waals surface area contributed by atoms with Gasteiger partial charge in [-0.15, -0.1) is 0 Å². The van der Waals surface area contributed by atoms with Gasteiger partial charge < -0.3 is 5.11 Å². The number of thioether (sulfide) groups is 1. The van der Waals surface area contributed by atoms with Gasteiger partial charge in [-0.2, -0.15) is 0 Å². The highest BCUT2D eigenvalue weighted by Crippen LogP contribution is 2.34.